The van der Waals surface area contributed by atoms with Crippen LogP contribution < -0.4 is 5.73 Å². The van der Waals surface area contributed by atoms with E-state index < -0.39 is 5.91 Å². The van der Waals surface area contributed by atoms with Crippen molar-refractivity contribution in [2.45, 2.75) is 69.4 Å². The first-order valence-electron chi connectivity index (χ1n) is 10.3. The molecule has 1 aliphatic heterocycles. The summed E-state index contributed by atoms with van der Waals surface area (Å²) in [6.45, 7) is 3.33. The number of likely N-dealkylation sites (tertiary alicyclic amines) is 1. The highest BCUT2D eigenvalue weighted by atomic mass is 16.3. The Morgan fingerprint density at radius 1 is 1.33 bits per heavy atom. The van der Waals surface area contributed by atoms with Crippen molar-refractivity contribution in [3.63, 3.8) is 0 Å². The zero-order valence-corrected chi connectivity index (χ0v) is 15.9. The molecule has 5 rings (SSSR count). The Morgan fingerprint density at radius 3 is 2.81 bits per heavy atom. The number of aromatic hydroxyl groups is 1. The molecule has 5 nitrogen and oxygen atoms in total. The van der Waals surface area contributed by atoms with Gasteiger partial charge in [0, 0.05) is 35.9 Å². The zero-order chi connectivity index (χ0) is 18.9. The van der Waals surface area contributed by atoms with E-state index in [1.807, 2.05) is 6.07 Å². The largest absolute Gasteiger partial charge is 0.507 e. The molecule has 3 aliphatic carbocycles. The molecule has 2 saturated carbocycles. The van der Waals surface area contributed by atoms with Crippen LogP contribution in [0.25, 0.3) is 0 Å². The van der Waals surface area contributed by atoms with Crippen molar-refractivity contribution in [2.24, 2.45) is 17.6 Å². The van der Waals surface area contributed by atoms with Gasteiger partial charge in [0.1, 0.15) is 11.5 Å². The number of fused-ring (bicyclic) bond motifs is 1. The molecule has 3 N–H and O–H groups in total. The van der Waals surface area contributed by atoms with E-state index in [4.69, 9.17) is 5.73 Å². The number of phenols is 1. The van der Waals surface area contributed by atoms with Gasteiger partial charge in [-0.3, -0.25) is 14.5 Å². The van der Waals surface area contributed by atoms with Gasteiger partial charge in [-0.1, -0.05) is 6.07 Å². The first-order valence-corrected chi connectivity index (χ1v) is 10.3. The summed E-state index contributed by atoms with van der Waals surface area (Å²) < 4.78 is 0. The van der Waals surface area contributed by atoms with Crippen molar-refractivity contribution in [1.82, 2.24) is 4.90 Å². The van der Waals surface area contributed by atoms with E-state index >= 15 is 0 Å². The van der Waals surface area contributed by atoms with Crippen molar-refractivity contribution in [3.8, 4) is 5.75 Å². The predicted octanol–water partition coefficient (Wildman–Crippen LogP) is 2.53. The molecule has 2 bridgehead atoms. The quantitative estimate of drug-likeness (QED) is 0.859. The smallest absolute Gasteiger partial charge is 0.252 e. The van der Waals surface area contributed by atoms with Gasteiger partial charge in [-0.15, -0.1) is 0 Å². The summed E-state index contributed by atoms with van der Waals surface area (Å²) in [5.41, 5.74) is 7.31. The zero-order valence-electron chi connectivity index (χ0n) is 15.9. The fraction of sp³-hybridized carbons (Fsp3) is 0.636. The number of hydrogen-bond donors (Lipinski definition) is 2. The van der Waals surface area contributed by atoms with E-state index in [9.17, 15) is 14.7 Å². The standard InChI is InChI=1S/C22H28N2O3/c1-12(13-2-3-13)24-9-8-22-11-15(25)5-7-17(22)18(24)10-14-4-6-16(21(23)27)20(26)19(14)22/h4,6,12-13,17-18,26H,2-3,5,7-11H2,1H3,(H2,23,27)/t12-,17?,18-,22+/m1/s1. The second-order valence-corrected chi connectivity index (χ2v) is 9.21. The molecule has 1 aromatic carbocycles. The fourth-order valence-electron chi connectivity index (χ4n) is 6.52. The molecule has 1 aromatic rings. The van der Waals surface area contributed by atoms with E-state index in [1.165, 1.54) is 12.8 Å². The Balaban J connectivity index is 1.65. The average molecular weight is 368 g/mol. The predicted molar refractivity (Wildman–Crippen MR) is 102 cm³/mol. The van der Waals surface area contributed by atoms with Crippen LogP contribution in [0.2, 0.25) is 0 Å². The summed E-state index contributed by atoms with van der Waals surface area (Å²) >= 11 is 0. The Labute approximate surface area is 159 Å². The van der Waals surface area contributed by atoms with Crippen molar-refractivity contribution < 1.29 is 14.7 Å². The number of amides is 1. The minimum atomic E-state index is -0.604. The summed E-state index contributed by atoms with van der Waals surface area (Å²) in [5, 5.41) is 11.0. The fourth-order valence-corrected chi connectivity index (χ4v) is 6.52. The maximum absolute atomic E-state index is 12.5. The van der Waals surface area contributed by atoms with Gasteiger partial charge in [0.15, 0.2) is 0 Å². The van der Waals surface area contributed by atoms with Gasteiger partial charge in [0.05, 0.1) is 5.56 Å². The molecule has 4 atom stereocenters. The van der Waals surface area contributed by atoms with Crippen LogP contribution in [0.1, 0.15) is 66.9 Å². The number of carbonyl (C=O) groups is 2. The number of rotatable bonds is 3. The number of carbonyl (C=O) groups excluding carboxylic acids is 2. The Morgan fingerprint density at radius 2 is 2.11 bits per heavy atom. The van der Waals surface area contributed by atoms with Crippen LogP contribution in [0.3, 0.4) is 0 Å². The van der Waals surface area contributed by atoms with Crippen LogP contribution in [0.15, 0.2) is 12.1 Å². The normalized spacial score (nSPS) is 33.9. The van der Waals surface area contributed by atoms with E-state index in [0.717, 1.165) is 42.9 Å². The minimum absolute atomic E-state index is 0.0295. The number of ketones is 1. The molecule has 1 unspecified atom stereocenters. The second-order valence-electron chi connectivity index (χ2n) is 9.21. The van der Waals surface area contributed by atoms with E-state index in [-0.39, 0.29) is 22.5 Å². The lowest BCUT2D eigenvalue weighted by Crippen LogP contribution is -2.63. The molecule has 0 spiro atoms. The van der Waals surface area contributed by atoms with Gasteiger partial charge in [0.2, 0.25) is 0 Å². The topological polar surface area (TPSA) is 83.6 Å². The highest BCUT2D eigenvalue weighted by Gasteiger charge is 2.58. The third kappa shape index (κ3) is 2.40. The minimum Gasteiger partial charge on any atom is -0.507 e. The number of benzene rings is 1. The molecule has 4 aliphatic rings. The summed E-state index contributed by atoms with van der Waals surface area (Å²) in [6, 6.07) is 4.63. The van der Waals surface area contributed by atoms with Crippen LogP contribution >= 0.6 is 0 Å². The van der Waals surface area contributed by atoms with Crippen molar-refractivity contribution in [1.29, 1.82) is 0 Å². The third-order valence-corrected chi connectivity index (χ3v) is 7.95. The Hall–Kier alpha value is -1.88. The van der Waals surface area contributed by atoms with E-state index in [2.05, 4.69) is 11.8 Å². The molecule has 27 heavy (non-hydrogen) atoms. The lowest BCUT2D eigenvalue weighted by molar-refractivity contribution is -0.128. The third-order valence-electron chi connectivity index (χ3n) is 7.95. The van der Waals surface area contributed by atoms with Crippen molar-refractivity contribution in [2.75, 3.05) is 6.54 Å². The van der Waals surface area contributed by atoms with Gasteiger partial charge in [0.25, 0.3) is 5.91 Å². The van der Waals surface area contributed by atoms with Gasteiger partial charge in [-0.05, 0) is 69.0 Å². The highest BCUT2D eigenvalue weighted by molar-refractivity contribution is 5.96. The average Bonchev–Trinajstić information content (AvgIpc) is 3.45. The van der Waals surface area contributed by atoms with Crippen molar-refractivity contribution >= 4 is 11.7 Å². The highest BCUT2D eigenvalue weighted by Crippen LogP contribution is 2.58. The molecule has 5 heteroatoms. The van der Waals surface area contributed by atoms with E-state index in [1.54, 1.807) is 6.07 Å². The molecule has 144 valence electrons. The van der Waals surface area contributed by atoms with E-state index in [0.29, 0.717) is 30.8 Å². The monoisotopic (exact) mass is 368 g/mol. The summed E-state index contributed by atoms with van der Waals surface area (Å²) in [4.78, 5) is 27.0. The number of piperidine rings is 1. The van der Waals surface area contributed by atoms with Crippen LogP contribution in [0.5, 0.6) is 5.75 Å². The SMILES string of the molecule is C[C@H](C1CC1)N1CC[C@]23CC(=O)CCC2[C@H]1Cc1ccc(C(N)=O)c(O)c13. The Kier molecular flexibility index (Phi) is 3.71. The number of Topliss-reactive ketones (excluding diaryl/α,β-unsaturated/α-hetero) is 1. The van der Waals surface area contributed by atoms with Crippen LogP contribution in [-0.4, -0.2) is 40.3 Å². The maximum atomic E-state index is 12.5. The number of primary amides is 1. The molecule has 1 heterocycles. The lowest BCUT2D eigenvalue weighted by atomic mass is 9.51. The Bertz CT molecular complexity index is 831. The molecular formula is C22H28N2O3. The lowest BCUT2D eigenvalue weighted by Gasteiger charge is -2.60. The molecule has 3 fully saturated rings. The molecule has 0 aromatic heterocycles. The van der Waals surface area contributed by atoms with Gasteiger partial charge < -0.3 is 10.8 Å². The molecule has 1 saturated heterocycles. The van der Waals surface area contributed by atoms with Gasteiger partial charge in [-0.2, -0.15) is 0 Å². The van der Waals surface area contributed by atoms with Crippen LogP contribution in [0, 0.1) is 11.8 Å². The number of nitrogens with zero attached hydrogens (tertiary/aromatic N) is 1. The molecule has 1 amide bonds. The van der Waals surface area contributed by atoms with Gasteiger partial charge >= 0.3 is 0 Å². The molecular weight excluding hydrogens is 340 g/mol. The maximum Gasteiger partial charge on any atom is 0.252 e. The van der Waals surface area contributed by atoms with Crippen LogP contribution in [0.4, 0.5) is 0 Å². The second kappa shape index (κ2) is 5.81. The summed E-state index contributed by atoms with van der Waals surface area (Å²) in [5.74, 6) is 0.890. The summed E-state index contributed by atoms with van der Waals surface area (Å²) in [7, 11) is 0. The van der Waals surface area contributed by atoms with Crippen LogP contribution in [-0.2, 0) is 16.6 Å². The van der Waals surface area contributed by atoms with Gasteiger partial charge in [-0.25, -0.2) is 0 Å². The van der Waals surface area contributed by atoms with Crippen molar-refractivity contribution in [3.05, 3.63) is 28.8 Å². The number of nitrogens with two attached hydrogens (primary N) is 1. The first kappa shape index (κ1) is 17.2. The summed E-state index contributed by atoms with van der Waals surface area (Å²) in [6.07, 6.45) is 6.44. The first-order chi connectivity index (χ1) is 12.9. The molecule has 0 radical (unpaired) electrons. The number of hydrogen-bond acceptors (Lipinski definition) is 4.